The van der Waals surface area contributed by atoms with Gasteiger partial charge >= 0.3 is 6.18 Å². The Labute approximate surface area is 161 Å². The Morgan fingerprint density at radius 1 is 1.28 bits per heavy atom. The van der Waals surface area contributed by atoms with E-state index in [1.165, 1.54) is 6.07 Å². The maximum Gasteiger partial charge on any atom is 0.416 e. The number of aliphatic imine (C=N–C) groups is 1. The van der Waals surface area contributed by atoms with Crippen LogP contribution in [-0.2, 0) is 26.3 Å². The lowest BCUT2D eigenvalue weighted by Crippen LogP contribution is -2.37. The van der Waals surface area contributed by atoms with Gasteiger partial charge in [0.2, 0.25) is 0 Å². The second-order valence-electron chi connectivity index (χ2n) is 5.10. The summed E-state index contributed by atoms with van der Waals surface area (Å²) in [6.45, 7) is 3.08. The van der Waals surface area contributed by atoms with E-state index in [2.05, 4.69) is 25.8 Å². The van der Waals surface area contributed by atoms with Gasteiger partial charge in [-0.15, -0.1) is 34.2 Å². The van der Waals surface area contributed by atoms with Gasteiger partial charge in [-0.25, -0.2) is 4.99 Å². The van der Waals surface area contributed by atoms with Crippen LogP contribution in [0.3, 0.4) is 0 Å². The molecule has 1 heterocycles. The van der Waals surface area contributed by atoms with Crippen LogP contribution >= 0.6 is 24.0 Å². The number of hydrogen-bond acceptors (Lipinski definition) is 3. The molecule has 0 aliphatic heterocycles. The van der Waals surface area contributed by atoms with Crippen molar-refractivity contribution < 1.29 is 13.2 Å². The molecule has 138 valence electrons. The van der Waals surface area contributed by atoms with Gasteiger partial charge in [0.05, 0.1) is 18.7 Å². The third kappa shape index (κ3) is 6.52. The smallest absolute Gasteiger partial charge is 0.357 e. The standard InChI is InChI=1S/C15H19F3N6.HI/c1-3-19-14(21-9-13-23-22-10-24(13)2)20-8-11-5-4-6-12(7-11)15(16,17)18;/h4-7,10H,3,8-9H2,1-2H3,(H2,19,20,21);1H. The second-order valence-corrected chi connectivity index (χ2v) is 5.10. The SMILES string of the molecule is CCNC(=NCc1cccc(C(F)(F)F)c1)NCc1nncn1C.I. The molecule has 0 spiro atoms. The van der Waals surface area contributed by atoms with Crippen LogP contribution in [0.5, 0.6) is 0 Å². The molecular weight excluding hydrogens is 448 g/mol. The van der Waals surface area contributed by atoms with Crippen molar-refractivity contribution in [2.75, 3.05) is 6.54 Å². The van der Waals surface area contributed by atoms with E-state index < -0.39 is 11.7 Å². The predicted molar refractivity (Wildman–Crippen MR) is 99.5 cm³/mol. The van der Waals surface area contributed by atoms with E-state index in [0.717, 1.165) is 18.0 Å². The molecule has 0 atom stereocenters. The van der Waals surface area contributed by atoms with Gasteiger partial charge in [-0.1, -0.05) is 12.1 Å². The lowest BCUT2D eigenvalue weighted by Gasteiger charge is -2.11. The molecule has 0 aliphatic rings. The Morgan fingerprint density at radius 3 is 2.64 bits per heavy atom. The predicted octanol–water partition coefficient (Wildman–Crippen LogP) is 2.71. The number of rotatable bonds is 5. The van der Waals surface area contributed by atoms with Crippen LogP contribution < -0.4 is 10.6 Å². The van der Waals surface area contributed by atoms with Crippen LogP contribution in [0, 0.1) is 0 Å². The summed E-state index contributed by atoms with van der Waals surface area (Å²) < 4.78 is 39.9. The summed E-state index contributed by atoms with van der Waals surface area (Å²) in [7, 11) is 1.82. The lowest BCUT2D eigenvalue weighted by atomic mass is 10.1. The van der Waals surface area contributed by atoms with Gasteiger partial charge in [0.25, 0.3) is 0 Å². The van der Waals surface area contributed by atoms with Gasteiger partial charge in [0.1, 0.15) is 6.33 Å². The number of alkyl halides is 3. The molecule has 0 radical (unpaired) electrons. The van der Waals surface area contributed by atoms with E-state index >= 15 is 0 Å². The van der Waals surface area contributed by atoms with E-state index in [-0.39, 0.29) is 30.5 Å². The van der Waals surface area contributed by atoms with Crippen molar-refractivity contribution in [1.82, 2.24) is 25.4 Å². The number of guanidine groups is 1. The van der Waals surface area contributed by atoms with E-state index in [1.54, 1.807) is 17.0 Å². The van der Waals surface area contributed by atoms with Crippen LogP contribution in [0.1, 0.15) is 23.9 Å². The highest BCUT2D eigenvalue weighted by atomic mass is 127. The largest absolute Gasteiger partial charge is 0.416 e. The summed E-state index contributed by atoms with van der Waals surface area (Å²) >= 11 is 0. The number of aryl methyl sites for hydroxylation is 1. The summed E-state index contributed by atoms with van der Waals surface area (Å²) in [5, 5.41) is 13.8. The van der Waals surface area contributed by atoms with Crippen molar-refractivity contribution in [2.24, 2.45) is 12.0 Å². The number of hydrogen-bond donors (Lipinski definition) is 2. The first kappa shape index (κ1) is 21.2. The normalized spacial score (nSPS) is 11.8. The molecule has 10 heteroatoms. The van der Waals surface area contributed by atoms with Gasteiger partial charge in [-0.2, -0.15) is 13.2 Å². The number of nitrogens with zero attached hydrogens (tertiary/aromatic N) is 4. The third-order valence-corrected chi connectivity index (χ3v) is 3.24. The first-order valence-corrected chi connectivity index (χ1v) is 7.41. The highest BCUT2D eigenvalue weighted by Crippen LogP contribution is 2.29. The van der Waals surface area contributed by atoms with Crippen LogP contribution in [0.2, 0.25) is 0 Å². The van der Waals surface area contributed by atoms with Gasteiger partial charge in [0.15, 0.2) is 11.8 Å². The molecule has 1 aromatic carbocycles. The van der Waals surface area contributed by atoms with Crippen LogP contribution in [0.4, 0.5) is 13.2 Å². The van der Waals surface area contributed by atoms with Gasteiger partial charge in [-0.3, -0.25) is 0 Å². The monoisotopic (exact) mass is 468 g/mol. The topological polar surface area (TPSA) is 67.1 Å². The minimum absolute atomic E-state index is 0. The maximum atomic E-state index is 12.7. The van der Waals surface area contributed by atoms with Crippen LogP contribution in [0.15, 0.2) is 35.6 Å². The summed E-state index contributed by atoms with van der Waals surface area (Å²) in [6.07, 6.45) is -2.77. The first-order chi connectivity index (χ1) is 11.4. The summed E-state index contributed by atoms with van der Waals surface area (Å²) in [5.41, 5.74) is -0.187. The Morgan fingerprint density at radius 2 is 2.04 bits per heavy atom. The summed E-state index contributed by atoms with van der Waals surface area (Å²) in [5.74, 6) is 1.22. The fraction of sp³-hybridized carbons (Fsp3) is 0.400. The number of benzene rings is 1. The lowest BCUT2D eigenvalue weighted by molar-refractivity contribution is -0.137. The van der Waals surface area contributed by atoms with Crippen molar-refractivity contribution in [3.05, 3.63) is 47.5 Å². The first-order valence-electron chi connectivity index (χ1n) is 7.41. The Kier molecular flexibility index (Phi) is 8.13. The van der Waals surface area contributed by atoms with Gasteiger partial charge in [0, 0.05) is 13.6 Å². The minimum Gasteiger partial charge on any atom is -0.357 e. The molecule has 0 saturated carbocycles. The maximum absolute atomic E-state index is 12.7. The number of halogens is 4. The molecule has 0 fully saturated rings. The third-order valence-electron chi connectivity index (χ3n) is 3.24. The molecule has 2 rings (SSSR count). The molecule has 2 aromatic rings. The average Bonchev–Trinajstić information content (AvgIpc) is 2.95. The summed E-state index contributed by atoms with van der Waals surface area (Å²) in [4.78, 5) is 4.31. The van der Waals surface area contributed by atoms with E-state index in [9.17, 15) is 13.2 Å². The molecule has 0 amide bonds. The zero-order valence-electron chi connectivity index (χ0n) is 13.8. The van der Waals surface area contributed by atoms with Crippen molar-refractivity contribution in [2.45, 2.75) is 26.2 Å². The zero-order valence-corrected chi connectivity index (χ0v) is 16.2. The van der Waals surface area contributed by atoms with E-state index in [1.807, 2.05) is 14.0 Å². The fourth-order valence-electron chi connectivity index (χ4n) is 1.99. The van der Waals surface area contributed by atoms with E-state index in [0.29, 0.717) is 24.6 Å². The molecular formula is C15H20F3IN6. The Balaban J connectivity index is 0.00000312. The zero-order chi connectivity index (χ0) is 17.6. The molecule has 1 aromatic heterocycles. The molecule has 0 unspecified atom stereocenters. The molecule has 0 aliphatic carbocycles. The minimum atomic E-state index is -4.35. The van der Waals surface area contributed by atoms with Gasteiger partial charge < -0.3 is 15.2 Å². The Bertz CT molecular complexity index is 699. The highest BCUT2D eigenvalue weighted by Gasteiger charge is 2.30. The van der Waals surface area contributed by atoms with Crippen LogP contribution in [-0.4, -0.2) is 27.3 Å². The molecule has 2 N–H and O–H groups in total. The van der Waals surface area contributed by atoms with Crippen molar-refractivity contribution in [1.29, 1.82) is 0 Å². The molecule has 25 heavy (non-hydrogen) atoms. The summed E-state index contributed by atoms with van der Waals surface area (Å²) in [6, 6.07) is 5.15. The van der Waals surface area contributed by atoms with Crippen LogP contribution in [0.25, 0.3) is 0 Å². The molecule has 0 saturated heterocycles. The quantitative estimate of drug-likeness (QED) is 0.403. The van der Waals surface area contributed by atoms with Crippen molar-refractivity contribution in [3.8, 4) is 0 Å². The van der Waals surface area contributed by atoms with Crippen molar-refractivity contribution in [3.63, 3.8) is 0 Å². The average molecular weight is 468 g/mol. The van der Waals surface area contributed by atoms with Crippen molar-refractivity contribution >= 4 is 29.9 Å². The number of aromatic nitrogens is 3. The van der Waals surface area contributed by atoms with E-state index in [4.69, 9.17) is 0 Å². The number of nitrogens with one attached hydrogen (secondary N) is 2. The van der Waals surface area contributed by atoms with Gasteiger partial charge in [-0.05, 0) is 24.6 Å². The highest BCUT2D eigenvalue weighted by molar-refractivity contribution is 14.0. The second kappa shape index (κ2) is 9.59. The Hall–Kier alpha value is -1.85. The fourth-order valence-corrected chi connectivity index (χ4v) is 1.99. The molecule has 0 bridgehead atoms. The molecule has 6 nitrogen and oxygen atoms in total.